The van der Waals surface area contributed by atoms with Crippen LogP contribution in [0.25, 0.3) is 22.4 Å². The fraction of sp³-hybridized carbons (Fsp3) is 0.276. The number of carbonyl (C=O) groups excluding carboxylic acids is 1. The van der Waals surface area contributed by atoms with E-state index in [0.717, 1.165) is 35.6 Å². The quantitative estimate of drug-likeness (QED) is 0.229. The molecule has 1 saturated heterocycles. The van der Waals surface area contributed by atoms with Gasteiger partial charge >= 0.3 is 0 Å². The first kappa shape index (κ1) is 27.5. The Balaban J connectivity index is 1.39. The molecule has 1 aliphatic heterocycles. The molecule has 0 unspecified atom stereocenters. The van der Waals surface area contributed by atoms with Crippen molar-refractivity contribution in [2.24, 2.45) is 0 Å². The zero-order chi connectivity index (χ0) is 28.2. The van der Waals surface area contributed by atoms with Crippen LogP contribution in [0.15, 0.2) is 71.2 Å². The SMILES string of the molecule is O=C(c1ccsn1)n1nc(-c2cc(-c3ccncc3)c(=O)n(CCN3CCCCC3)c2)cc1NCc1ccc(Cl)s1. The fourth-order valence-electron chi connectivity index (χ4n) is 4.97. The highest BCUT2D eigenvalue weighted by atomic mass is 35.5. The van der Waals surface area contributed by atoms with E-state index < -0.39 is 0 Å². The number of aromatic nitrogens is 5. The summed E-state index contributed by atoms with van der Waals surface area (Å²) in [5.74, 6) is 0.191. The molecule has 5 aromatic rings. The van der Waals surface area contributed by atoms with Crippen molar-refractivity contribution in [3.63, 3.8) is 0 Å². The van der Waals surface area contributed by atoms with E-state index in [1.54, 1.807) is 28.4 Å². The third-order valence-corrected chi connectivity index (χ3v) is 8.90. The minimum absolute atomic E-state index is 0.0668. The number of carbonyl (C=O) groups is 1. The number of pyridine rings is 2. The molecule has 6 rings (SSSR count). The van der Waals surface area contributed by atoms with Crippen LogP contribution in [0.2, 0.25) is 4.34 Å². The zero-order valence-electron chi connectivity index (χ0n) is 22.2. The zero-order valence-corrected chi connectivity index (χ0v) is 24.6. The number of thiophene rings is 1. The average Bonchev–Trinajstić information content (AvgIpc) is 3.78. The van der Waals surface area contributed by atoms with Crippen LogP contribution >= 0.6 is 34.5 Å². The van der Waals surface area contributed by atoms with Crippen LogP contribution < -0.4 is 10.9 Å². The monoisotopic (exact) mass is 605 g/mol. The van der Waals surface area contributed by atoms with E-state index in [4.69, 9.17) is 16.7 Å². The molecule has 0 radical (unpaired) electrons. The number of hydrogen-bond donors (Lipinski definition) is 1. The number of hydrogen-bond acceptors (Lipinski definition) is 9. The van der Waals surface area contributed by atoms with Gasteiger partial charge in [-0.2, -0.15) is 14.2 Å². The molecule has 0 bridgehead atoms. The van der Waals surface area contributed by atoms with Gasteiger partial charge in [0.1, 0.15) is 11.5 Å². The maximum Gasteiger partial charge on any atom is 0.299 e. The third kappa shape index (κ3) is 6.33. The molecule has 0 spiro atoms. The van der Waals surface area contributed by atoms with Crippen LogP contribution in [-0.4, -0.2) is 54.1 Å². The Morgan fingerprint density at radius 2 is 1.83 bits per heavy atom. The summed E-state index contributed by atoms with van der Waals surface area (Å²) in [5.41, 5.74) is 2.90. The van der Waals surface area contributed by atoms with Gasteiger partial charge in [-0.3, -0.25) is 14.6 Å². The lowest BCUT2D eigenvalue weighted by Crippen LogP contribution is -2.34. The number of nitrogens with one attached hydrogen (secondary N) is 1. The molecule has 210 valence electrons. The maximum atomic E-state index is 13.6. The van der Waals surface area contributed by atoms with Crippen molar-refractivity contribution in [3.05, 3.63) is 91.7 Å². The molecule has 9 nitrogen and oxygen atoms in total. The number of anilines is 1. The van der Waals surface area contributed by atoms with E-state index in [0.29, 0.717) is 40.2 Å². The van der Waals surface area contributed by atoms with Crippen molar-refractivity contribution in [1.82, 2.24) is 28.6 Å². The molecule has 0 aliphatic carbocycles. The largest absolute Gasteiger partial charge is 0.365 e. The third-order valence-electron chi connectivity index (χ3n) is 7.11. The van der Waals surface area contributed by atoms with Gasteiger partial charge in [0.2, 0.25) is 0 Å². The maximum absolute atomic E-state index is 13.6. The van der Waals surface area contributed by atoms with Gasteiger partial charge in [0.25, 0.3) is 11.5 Å². The van der Waals surface area contributed by atoms with Gasteiger partial charge in [-0.15, -0.1) is 11.3 Å². The molecular formula is C29H28ClN7O2S2. The van der Waals surface area contributed by atoms with Crippen LogP contribution in [0.4, 0.5) is 5.82 Å². The molecule has 41 heavy (non-hydrogen) atoms. The first-order valence-corrected chi connectivity index (χ1v) is 15.5. The normalized spacial score (nSPS) is 13.9. The highest BCUT2D eigenvalue weighted by Crippen LogP contribution is 2.28. The van der Waals surface area contributed by atoms with Crippen LogP contribution in [0, 0.1) is 0 Å². The second-order valence-electron chi connectivity index (χ2n) is 9.86. The molecule has 1 aliphatic rings. The summed E-state index contributed by atoms with van der Waals surface area (Å²) in [6.07, 6.45) is 8.85. The van der Waals surface area contributed by atoms with Crippen molar-refractivity contribution >= 4 is 46.2 Å². The Bertz CT molecular complexity index is 1690. The Morgan fingerprint density at radius 3 is 2.56 bits per heavy atom. The molecule has 12 heteroatoms. The van der Waals surface area contributed by atoms with Gasteiger partial charge in [-0.05, 0) is 79.4 Å². The standard InChI is InChI=1S/C29H28ClN7O2S2/c30-26-5-4-22(41-26)18-32-27-17-25(33-37(27)29(39)24-8-15-40-34-24)21-16-23(20-6-9-31-10-7-20)28(38)36(19-21)14-13-35-11-2-1-3-12-35/h4-10,15-17,19,32H,1-3,11-14,18H2. The van der Waals surface area contributed by atoms with Crippen molar-refractivity contribution in [2.45, 2.75) is 32.4 Å². The molecule has 1 fully saturated rings. The average molecular weight is 606 g/mol. The summed E-state index contributed by atoms with van der Waals surface area (Å²) in [7, 11) is 0. The molecule has 1 N–H and O–H groups in total. The molecule has 6 heterocycles. The van der Waals surface area contributed by atoms with Crippen molar-refractivity contribution in [2.75, 3.05) is 25.0 Å². The van der Waals surface area contributed by atoms with Crippen molar-refractivity contribution < 1.29 is 4.79 Å². The minimum atomic E-state index is -0.336. The fourth-order valence-corrected chi connectivity index (χ4v) is 6.50. The molecule has 0 atom stereocenters. The lowest BCUT2D eigenvalue weighted by atomic mass is 10.1. The number of piperidine rings is 1. The second kappa shape index (κ2) is 12.5. The van der Waals surface area contributed by atoms with Crippen LogP contribution in [0.5, 0.6) is 0 Å². The van der Waals surface area contributed by atoms with E-state index in [1.807, 2.05) is 42.6 Å². The number of rotatable bonds is 9. The molecule has 0 aromatic carbocycles. The number of nitrogens with zero attached hydrogens (tertiary/aromatic N) is 6. The van der Waals surface area contributed by atoms with Gasteiger partial charge in [-0.25, -0.2) is 0 Å². The Labute approximate surface area is 250 Å². The number of halogens is 1. The first-order chi connectivity index (χ1) is 20.0. The van der Waals surface area contributed by atoms with E-state index in [1.165, 1.54) is 46.8 Å². The van der Waals surface area contributed by atoms with Crippen molar-refractivity contribution in [3.8, 4) is 22.4 Å². The predicted octanol–water partition coefficient (Wildman–Crippen LogP) is 5.73. The Kier molecular flexibility index (Phi) is 8.38. The van der Waals surface area contributed by atoms with Crippen molar-refractivity contribution in [1.29, 1.82) is 0 Å². The smallest absolute Gasteiger partial charge is 0.299 e. The van der Waals surface area contributed by atoms with E-state index in [-0.39, 0.29) is 11.5 Å². The second-order valence-corrected chi connectivity index (χ2v) is 12.3. The van der Waals surface area contributed by atoms with Gasteiger partial charge < -0.3 is 14.8 Å². The van der Waals surface area contributed by atoms with Gasteiger partial charge in [0.15, 0.2) is 0 Å². The Morgan fingerprint density at radius 1 is 1.00 bits per heavy atom. The molecule has 0 saturated carbocycles. The summed E-state index contributed by atoms with van der Waals surface area (Å²) in [5, 5.41) is 9.82. The minimum Gasteiger partial charge on any atom is -0.365 e. The van der Waals surface area contributed by atoms with Crippen LogP contribution in [-0.2, 0) is 13.1 Å². The Hall–Kier alpha value is -3.64. The van der Waals surface area contributed by atoms with Gasteiger partial charge in [0, 0.05) is 59.1 Å². The highest BCUT2D eigenvalue weighted by molar-refractivity contribution is 7.16. The number of likely N-dealkylation sites (tertiary alicyclic amines) is 1. The van der Waals surface area contributed by atoms with Crippen LogP contribution in [0.3, 0.4) is 0 Å². The first-order valence-electron chi connectivity index (χ1n) is 13.5. The van der Waals surface area contributed by atoms with Gasteiger partial charge in [-0.1, -0.05) is 18.0 Å². The summed E-state index contributed by atoms with van der Waals surface area (Å²) >= 11 is 8.81. The summed E-state index contributed by atoms with van der Waals surface area (Å²) in [6, 6.07) is 12.8. The summed E-state index contributed by atoms with van der Waals surface area (Å²) in [6.45, 7) is 3.95. The van der Waals surface area contributed by atoms with E-state index in [9.17, 15) is 9.59 Å². The molecular weight excluding hydrogens is 578 g/mol. The van der Waals surface area contributed by atoms with Crippen LogP contribution in [0.1, 0.15) is 34.6 Å². The van der Waals surface area contributed by atoms with E-state index in [2.05, 4.69) is 19.6 Å². The molecule has 0 amide bonds. The predicted molar refractivity (Wildman–Crippen MR) is 164 cm³/mol. The lowest BCUT2D eigenvalue weighted by Gasteiger charge is -2.26. The molecule has 5 aromatic heterocycles. The highest BCUT2D eigenvalue weighted by Gasteiger charge is 2.21. The summed E-state index contributed by atoms with van der Waals surface area (Å²) < 4.78 is 8.02. The van der Waals surface area contributed by atoms with E-state index >= 15 is 0 Å². The topological polar surface area (TPSA) is 97.9 Å². The summed E-state index contributed by atoms with van der Waals surface area (Å²) in [4.78, 5) is 34.6. The van der Waals surface area contributed by atoms with Gasteiger partial charge in [0.05, 0.1) is 16.6 Å². The lowest BCUT2D eigenvalue weighted by molar-refractivity contribution is 0.0944.